The van der Waals surface area contributed by atoms with Crippen LogP contribution in [0.2, 0.25) is 0 Å². The molecule has 0 radical (unpaired) electrons. The van der Waals surface area contributed by atoms with Crippen molar-refractivity contribution < 1.29 is 14.0 Å². The van der Waals surface area contributed by atoms with Gasteiger partial charge in [0.2, 0.25) is 0 Å². The molecule has 9 heteroatoms. The highest BCUT2D eigenvalue weighted by atomic mass is 32.1. The first-order valence-corrected chi connectivity index (χ1v) is 11.4. The van der Waals surface area contributed by atoms with Gasteiger partial charge >= 0.3 is 6.03 Å². The molecule has 4 aromatic rings. The molecule has 2 aromatic carbocycles. The lowest BCUT2D eigenvalue weighted by atomic mass is 10.1. The lowest BCUT2D eigenvalue weighted by Gasteiger charge is -2.11. The number of nitrogens with zero attached hydrogens (tertiary/aromatic N) is 2. The molecular formula is C25H19FN4O3S. The highest BCUT2D eigenvalue weighted by Crippen LogP contribution is 2.21. The molecule has 170 valence electrons. The third kappa shape index (κ3) is 4.20. The molecule has 34 heavy (non-hydrogen) atoms. The quantitative estimate of drug-likeness (QED) is 0.327. The van der Waals surface area contributed by atoms with Gasteiger partial charge in [-0.05, 0) is 47.4 Å². The maximum Gasteiger partial charge on any atom is 0.329 e. The summed E-state index contributed by atoms with van der Waals surface area (Å²) in [6, 6.07) is 18.1. The fraction of sp³-hybridized carbons (Fsp3) is 0.0800. The number of aromatic amines is 1. The van der Waals surface area contributed by atoms with Crippen molar-refractivity contribution in [2.24, 2.45) is 0 Å². The molecule has 2 aromatic heterocycles. The smallest absolute Gasteiger partial charge is 0.303 e. The number of hydrogen-bond donors (Lipinski definition) is 2. The van der Waals surface area contributed by atoms with Gasteiger partial charge in [0.1, 0.15) is 11.5 Å². The maximum absolute atomic E-state index is 13.5. The van der Waals surface area contributed by atoms with Crippen LogP contribution in [-0.2, 0) is 17.8 Å². The zero-order valence-electron chi connectivity index (χ0n) is 17.8. The number of hydrogen-bond acceptors (Lipinski definition) is 4. The number of carbonyl (C=O) groups excluding carboxylic acids is 2. The summed E-state index contributed by atoms with van der Waals surface area (Å²) in [5.41, 5.74) is 1.69. The summed E-state index contributed by atoms with van der Waals surface area (Å²) in [5.74, 6) is -1.03. The van der Waals surface area contributed by atoms with E-state index < -0.39 is 17.8 Å². The van der Waals surface area contributed by atoms with Gasteiger partial charge in [-0.1, -0.05) is 36.4 Å². The first-order valence-electron chi connectivity index (χ1n) is 10.5. The van der Waals surface area contributed by atoms with Gasteiger partial charge in [0, 0.05) is 11.3 Å². The van der Waals surface area contributed by atoms with E-state index in [9.17, 15) is 18.8 Å². The minimum Gasteiger partial charge on any atom is -0.303 e. The van der Waals surface area contributed by atoms with Gasteiger partial charge in [-0.15, -0.1) is 11.3 Å². The highest BCUT2D eigenvalue weighted by molar-refractivity contribution is 7.09. The molecule has 1 aliphatic heterocycles. The molecule has 0 bridgehead atoms. The van der Waals surface area contributed by atoms with E-state index in [-0.39, 0.29) is 23.4 Å². The van der Waals surface area contributed by atoms with Crippen molar-refractivity contribution in [3.05, 3.63) is 116 Å². The molecule has 1 aliphatic rings. The zero-order chi connectivity index (χ0) is 23.7. The van der Waals surface area contributed by atoms with Crippen LogP contribution in [-0.4, -0.2) is 26.6 Å². The van der Waals surface area contributed by atoms with E-state index in [2.05, 4.69) is 10.4 Å². The molecule has 1 saturated heterocycles. The van der Waals surface area contributed by atoms with E-state index in [4.69, 9.17) is 0 Å². The van der Waals surface area contributed by atoms with E-state index in [0.717, 1.165) is 9.78 Å². The maximum atomic E-state index is 13.5. The largest absolute Gasteiger partial charge is 0.329 e. The summed E-state index contributed by atoms with van der Waals surface area (Å²) in [7, 11) is 0. The van der Waals surface area contributed by atoms with Crippen LogP contribution in [0.5, 0.6) is 0 Å². The van der Waals surface area contributed by atoms with Crippen LogP contribution in [0.3, 0.4) is 0 Å². The number of benzene rings is 2. The van der Waals surface area contributed by atoms with Gasteiger partial charge in [-0.2, -0.15) is 0 Å². The SMILES string of the molecule is O=C1NC(=Cc2c(Cc3cccs3)[nH]n(-c3ccccc3)c2=O)C(=O)N1Cc1cccc(F)c1. The van der Waals surface area contributed by atoms with Crippen LogP contribution >= 0.6 is 11.3 Å². The Labute approximate surface area is 197 Å². The second-order valence-corrected chi connectivity index (χ2v) is 8.78. The summed E-state index contributed by atoms with van der Waals surface area (Å²) >= 11 is 1.56. The number of urea groups is 1. The van der Waals surface area contributed by atoms with E-state index in [1.807, 2.05) is 35.7 Å². The van der Waals surface area contributed by atoms with Crippen molar-refractivity contribution in [2.75, 3.05) is 0 Å². The Morgan fingerprint density at radius 1 is 0.971 bits per heavy atom. The number of carbonyl (C=O) groups is 2. The van der Waals surface area contributed by atoms with Gasteiger partial charge in [0.05, 0.1) is 23.5 Å². The molecule has 5 rings (SSSR count). The number of para-hydroxylation sites is 1. The molecule has 0 saturated carbocycles. The normalized spacial score (nSPS) is 14.7. The van der Waals surface area contributed by atoms with Gasteiger partial charge < -0.3 is 5.32 Å². The minimum absolute atomic E-state index is 0.00913. The second kappa shape index (κ2) is 8.95. The number of amides is 3. The third-order valence-electron chi connectivity index (χ3n) is 5.43. The van der Waals surface area contributed by atoms with E-state index >= 15 is 0 Å². The third-order valence-corrected chi connectivity index (χ3v) is 6.31. The van der Waals surface area contributed by atoms with Crippen molar-refractivity contribution in [3.63, 3.8) is 0 Å². The molecule has 0 aliphatic carbocycles. The summed E-state index contributed by atoms with van der Waals surface area (Å²) < 4.78 is 14.9. The van der Waals surface area contributed by atoms with Crippen molar-refractivity contribution in [2.45, 2.75) is 13.0 Å². The molecule has 3 amide bonds. The van der Waals surface area contributed by atoms with Crippen molar-refractivity contribution in [1.82, 2.24) is 20.0 Å². The summed E-state index contributed by atoms with van der Waals surface area (Å²) in [6.45, 7) is -0.0802. The molecule has 2 N–H and O–H groups in total. The van der Waals surface area contributed by atoms with Crippen LogP contribution in [0, 0.1) is 5.82 Å². The minimum atomic E-state index is -0.626. The lowest BCUT2D eigenvalue weighted by molar-refractivity contribution is -0.123. The summed E-state index contributed by atoms with van der Waals surface area (Å²) in [5, 5.41) is 7.64. The Morgan fingerprint density at radius 2 is 1.79 bits per heavy atom. The van der Waals surface area contributed by atoms with Gasteiger partial charge in [0.25, 0.3) is 11.5 Å². The molecule has 0 unspecified atom stereocenters. The fourth-order valence-corrected chi connectivity index (χ4v) is 4.52. The first-order chi connectivity index (χ1) is 16.5. The number of imide groups is 1. The number of nitrogens with one attached hydrogen (secondary N) is 2. The average Bonchev–Trinajstić information content (AvgIpc) is 3.52. The first kappa shape index (κ1) is 21.6. The average molecular weight is 475 g/mol. The monoisotopic (exact) mass is 474 g/mol. The number of aromatic nitrogens is 2. The molecular weight excluding hydrogens is 455 g/mol. The predicted molar refractivity (Wildman–Crippen MR) is 127 cm³/mol. The van der Waals surface area contributed by atoms with Crippen LogP contribution in [0.25, 0.3) is 11.8 Å². The molecule has 3 heterocycles. The van der Waals surface area contributed by atoms with E-state index in [1.54, 1.807) is 29.5 Å². The number of halogens is 1. The zero-order valence-corrected chi connectivity index (χ0v) is 18.6. The fourth-order valence-electron chi connectivity index (χ4n) is 3.80. The van der Waals surface area contributed by atoms with E-state index in [1.165, 1.54) is 29.0 Å². The van der Waals surface area contributed by atoms with Gasteiger partial charge in [-0.25, -0.2) is 13.9 Å². The van der Waals surface area contributed by atoms with Crippen LogP contribution < -0.4 is 10.9 Å². The van der Waals surface area contributed by atoms with Gasteiger partial charge in [0.15, 0.2) is 0 Å². The van der Waals surface area contributed by atoms with Crippen molar-refractivity contribution in [3.8, 4) is 5.69 Å². The van der Waals surface area contributed by atoms with Crippen molar-refractivity contribution >= 4 is 29.4 Å². The number of H-pyrrole nitrogens is 1. The molecule has 0 atom stereocenters. The Hall–Kier alpha value is -4.24. The Morgan fingerprint density at radius 3 is 2.53 bits per heavy atom. The van der Waals surface area contributed by atoms with Crippen LogP contribution in [0.1, 0.15) is 21.7 Å². The Kier molecular flexibility index (Phi) is 5.69. The van der Waals surface area contributed by atoms with E-state index in [0.29, 0.717) is 23.4 Å². The number of rotatable bonds is 6. The Bertz CT molecular complexity index is 1460. The second-order valence-electron chi connectivity index (χ2n) is 7.75. The summed E-state index contributed by atoms with van der Waals surface area (Å²) in [4.78, 5) is 40.8. The van der Waals surface area contributed by atoms with Crippen LogP contribution in [0.4, 0.5) is 9.18 Å². The standard InChI is InChI=1S/C25H19FN4O3S/c26-17-7-4-6-16(12-17)15-29-24(32)22(27-25(29)33)14-20-21(13-19-10-5-11-34-19)28-30(23(20)31)18-8-2-1-3-9-18/h1-12,14,28H,13,15H2,(H,27,33). The van der Waals surface area contributed by atoms with Gasteiger partial charge in [-0.3, -0.25) is 19.6 Å². The summed E-state index contributed by atoms with van der Waals surface area (Å²) in [6.07, 6.45) is 1.87. The highest BCUT2D eigenvalue weighted by Gasteiger charge is 2.34. The number of thiophene rings is 1. The van der Waals surface area contributed by atoms with Crippen LogP contribution in [0.15, 0.2) is 82.6 Å². The van der Waals surface area contributed by atoms with Crippen molar-refractivity contribution in [1.29, 1.82) is 0 Å². The molecule has 1 fully saturated rings. The molecule has 7 nitrogen and oxygen atoms in total. The molecule has 0 spiro atoms. The lowest BCUT2D eigenvalue weighted by Crippen LogP contribution is -2.30. The predicted octanol–water partition coefficient (Wildman–Crippen LogP) is 4.05. The Balaban J connectivity index is 1.52. The topological polar surface area (TPSA) is 87.2 Å².